The maximum atomic E-state index is 9.84. The van der Waals surface area contributed by atoms with Gasteiger partial charge in [-0.15, -0.1) is 0 Å². The Hall–Kier alpha value is -0.910. The number of aliphatic hydroxyl groups excluding tert-OH is 2. The van der Waals surface area contributed by atoms with Crippen molar-refractivity contribution in [3.63, 3.8) is 0 Å². The summed E-state index contributed by atoms with van der Waals surface area (Å²) in [5, 5.41) is 16.2. The predicted octanol–water partition coefficient (Wildman–Crippen LogP) is -0.667. The molecule has 0 atom stereocenters. The number of carbonyl (C=O) groups is 1. The fraction of sp³-hybridized carbons (Fsp3) is 0.625. The zero-order valence-electron chi connectivity index (χ0n) is 7.73. The number of carbonyl (C=O) groups excluding carboxylic acids is 1. The highest BCUT2D eigenvalue weighted by molar-refractivity contribution is 5.80. The molecule has 0 fully saturated rings. The molecule has 0 rings (SSSR count). The normalized spacial score (nSPS) is 8.23. The summed E-state index contributed by atoms with van der Waals surface area (Å²) in [5.41, 5.74) is 0. The summed E-state index contributed by atoms with van der Waals surface area (Å²) in [4.78, 5) is 9.84. The molecular weight excluding hydrogens is 176 g/mol. The molecule has 0 heterocycles. The molecule has 0 aromatic heterocycles. The third-order valence-electron chi connectivity index (χ3n) is 0.839. The fourth-order valence-electron chi connectivity index (χ4n) is 0.314. The fourth-order valence-corrected chi connectivity index (χ4v) is 0.314. The first-order valence-electron chi connectivity index (χ1n) is 3.72. The molecule has 5 nitrogen and oxygen atoms in total. The van der Waals surface area contributed by atoms with Crippen LogP contribution in [0.2, 0.25) is 0 Å². The lowest BCUT2D eigenvalue weighted by atomic mass is 10.7. The molecule has 0 bridgehead atoms. The molecule has 0 radical (unpaired) electrons. The molecule has 13 heavy (non-hydrogen) atoms. The SMILES string of the molecule is C=CC(=O)OC.OCCOCCO. The third-order valence-corrected chi connectivity index (χ3v) is 0.839. The van der Waals surface area contributed by atoms with E-state index in [0.717, 1.165) is 6.08 Å². The number of methoxy groups -OCH3 is 1. The van der Waals surface area contributed by atoms with Crippen LogP contribution in [0.5, 0.6) is 0 Å². The van der Waals surface area contributed by atoms with E-state index in [2.05, 4.69) is 16.1 Å². The van der Waals surface area contributed by atoms with Gasteiger partial charge in [0.15, 0.2) is 0 Å². The van der Waals surface area contributed by atoms with Gasteiger partial charge in [-0.3, -0.25) is 0 Å². The van der Waals surface area contributed by atoms with Gasteiger partial charge in [-0.1, -0.05) is 6.58 Å². The van der Waals surface area contributed by atoms with E-state index in [1.54, 1.807) is 0 Å². The van der Waals surface area contributed by atoms with Crippen molar-refractivity contribution < 1.29 is 24.5 Å². The van der Waals surface area contributed by atoms with Crippen LogP contribution >= 0.6 is 0 Å². The van der Waals surface area contributed by atoms with Crippen molar-refractivity contribution in [3.8, 4) is 0 Å². The summed E-state index contributed by atoms with van der Waals surface area (Å²) in [5.74, 6) is -0.394. The van der Waals surface area contributed by atoms with Crippen molar-refractivity contribution >= 4 is 5.97 Å². The monoisotopic (exact) mass is 192 g/mol. The van der Waals surface area contributed by atoms with E-state index in [0.29, 0.717) is 13.2 Å². The quantitative estimate of drug-likeness (QED) is 0.343. The number of hydrogen-bond donors (Lipinski definition) is 2. The van der Waals surface area contributed by atoms with Gasteiger partial charge >= 0.3 is 5.97 Å². The van der Waals surface area contributed by atoms with Gasteiger partial charge in [-0.2, -0.15) is 0 Å². The summed E-state index contributed by atoms with van der Waals surface area (Å²) in [6.45, 7) is 3.85. The minimum absolute atomic E-state index is 0.0278. The number of hydrogen-bond acceptors (Lipinski definition) is 5. The first kappa shape index (κ1) is 14.6. The second-order valence-corrected chi connectivity index (χ2v) is 1.79. The molecule has 0 aliphatic heterocycles. The largest absolute Gasteiger partial charge is 0.466 e. The van der Waals surface area contributed by atoms with Crippen LogP contribution in [-0.2, 0) is 14.3 Å². The van der Waals surface area contributed by atoms with E-state index in [9.17, 15) is 4.79 Å². The average molecular weight is 192 g/mol. The van der Waals surface area contributed by atoms with E-state index < -0.39 is 5.97 Å². The average Bonchev–Trinajstić information content (AvgIpc) is 2.18. The summed E-state index contributed by atoms with van der Waals surface area (Å²) >= 11 is 0. The Morgan fingerprint density at radius 2 is 1.85 bits per heavy atom. The Kier molecular flexibility index (Phi) is 15.4. The van der Waals surface area contributed by atoms with Crippen molar-refractivity contribution in [3.05, 3.63) is 12.7 Å². The zero-order valence-corrected chi connectivity index (χ0v) is 7.73. The predicted molar refractivity (Wildman–Crippen MR) is 47.2 cm³/mol. The van der Waals surface area contributed by atoms with Crippen LogP contribution in [0, 0.1) is 0 Å². The van der Waals surface area contributed by atoms with Gasteiger partial charge in [-0.25, -0.2) is 4.79 Å². The molecule has 0 aliphatic carbocycles. The minimum Gasteiger partial charge on any atom is -0.466 e. The molecule has 5 heteroatoms. The molecule has 0 aromatic carbocycles. The van der Waals surface area contributed by atoms with E-state index in [4.69, 9.17) is 10.2 Å². The van der Waals surface area contributed by atoms with Crippen LogP contribution in [0.1, 0.15) is 0 Å². The maximum absolute atomic E-state index is 9.84. The van der Waals surface area contributed by atoms with Crippen LogP contribution in [0.3, 0.4) is 0 Å². The molecule has 0 saturated carbocycles. The second-order valence-electron chi connectivity index (χ2n) is 1.79. The molecule has 0 aliphatic rings. The standard InChI is InChI=1S/C4H10O3.C4H6O2/c5-1-3-7-4-2-6;1-3-4(5)6-2/h5-6H,1-4H2;3H,1H2,2H3. The van der Waals surface area contributed by atoms with Crippen molar-refractivity contribution in [1.29, 1.82) is 0 Å². The van der Waals surface area contributed by atoms with E-state index >= 15 is 0 Å². The van der Waals surface area contributed by atoms with Crippen molar-refractivity contribution in [2.24, 2.45) is 0 Å². The number of aliphatic hydroxyl groups is 2. The van der Waals surface area contributed by atoms with E-state index in [1.165, 1.54) is 7.11 Å². The lowest BCUT2D eigenvalue weighted by Crippen LogP contribution is -2.03. The topological polar surface area (TPSA) is 76.0 Å². The van der Waals surface area contributed by atoms with Crippen LogP contribution in [0.4, 0.5) is 0 Å². The first-order chi connectivity index (χ1) is 6.22. The van der Waals surface area contributed by atoms with Crippen LogP contribution in [0.25, 0.3) is 0 Å². The first-order valence-corrected chi connectivity index (χ1v) is 3.72. The summed E-state index contributed by atoms with van der Waals surface area (Å²) in [7, 11) is 1.31. The highest BCUT2D eigenvalue weighted by atomic mass is 16.5. The summed E-state index contributed by atoms with van der Waals surface area (Å²) in [6.07, 6.45) is 1.11. The Morgan fingerprint density at radius 1 is 1.38 bits per heavy atom. The molecule has 0 spiro atoms. The molecule has 2 N–H and O–H groups in total. The Bertz CT molecular complexity index is 120. The highest BCUT2D eigenvalue weighted by Crippen LogP contribution is 1.68. The molecule has 0 saturated heterocycles. The molecule has 78 valence electrons. The number of rotatable bonds is 5. The Morgan fingerprint density at radius 3 is 2.00 bits per heavy atom. The summed E-state index contributed by atoms with van der Waals surface area (Å²) < 4.78 is 8.77. The van der Waals surface area contributed by atoms with Gasteiger partial charge in [0.1, 0.15) is 0 Å². The lowest BCUT2D eigenvalue weighted by molar-refractivity contribution is -0.134. The van der Waals surface area contributed by atoms with Gasteiger partial charge in [0, 0.05) is 6.08 Å². The van der Waals surface area contributed by atoms with Gasteiger partial charge < -0.3 is 19.7 Å². The lowest BCUT2D eigenvalue weighted by Gasteiger charge is -1.94. The van der Waals surface area contributed by atoms with Gasteiger partial charge in [0.25, 0.3) is 0 Å². The molecular formula is C8H16O5. The number of ether oxygens (including phenoxy) is 2. The maximum Gasteiger partial charge on any atom is 0.329 e. The Balaban J connectivity index is 0. The van der Waals surface area contributed by atoms with Crippen molar-refractivity contribution in [1.82, 2.24) is 0 Å². The summed E-state index contributed by atoms with van der Waals surface area (Å²) in [6, 6.07) is 0. The van der Waals surface area contributed by atoms with Crippen LogP contribution in [0.15, 0.2) is 12.7 Å². The van der Waals surface area contributed by atoms with Crippen LogP contribution in [-0.4, -0.2) is 49.7 Å². The molecule has 0 unspecified atom stereocenters. The van der Waals surface area contributed by atoms with E-state index in [1.807, 2.05) is 0 Å². The third kappa shape index (κ3) is 18.2. The second kappa shape index (κ2) is 13.7. The minimum atomic E-state index is -0.394. The van der Waals surface area contributed by atoms with Gasteiger partial charge in [0.05, 0.1) is 33.5 Å². The zero-order chi connectivity index (χ0) is 10.5. The van der Waals surface area contributed by atoms with Crippen molar-refractivity contribution in [2.45, 2.75) is 0 Å². The number of esters is 1. The van der Waals surface area contributed by atoms with Gasteiger partial charge in [-0.05, 0) is 0 Å². The molecule has 0 aromatic rings. The van der Waals surface area contributed by atoms with Gasteiger partial charge in [0.2, 0.25) is 0 Å². The van der Waals surface area contributed by atoms with Crippen LogP contribution < -0.4 is 0 Å². The smallest absolute Gasteiger partial charge is 0.329 e. The Labute approximate surface area is 77.6 Å². The van der Waals surface area contributed by atoms with E-state index in [-0.39, 0.29) is 13.2 Å². The highest BCUT2D eigenvalue weighted by Gasteiger charge is 1.82. The van der Waals surface area contributed by atoms with Crippen molar-refractivity contribution in [2.75, 3.05) is 33.5 Å². The molecule has 0 amide bonds.